The van der Waals surface area contributed by atoms with E-state index in [1.807, 2.05) is 31.2 Å². The topological polar surface area (TPSA) is 103 Å². The molecule has 0 saturated carbocycles. The van der Waals surface area contributed by atoms with Crippen LogP contribution in [0.15, 0.2) is 71.6 Å². The van der Waals surface area contributed by atoms with Crippen molar-refractivity contribution in [1.82, 2.24) is 5.32 Å². The van der Waals surface area contributed by atoms with E-state index < -0.39 is 10.0 Å². The maximum atomic E-state index is 12.8. The van der Waals surface area contributed by atoms with Gasteiger partial charge in [-0.25, -0.2) is 8.42 Å². The van der Waals surface area contributed by atoms with Gasteiger partial charge in [-0.05, 0) is 67.9 Å². The fourth-order valence-electron chi connectivity index (χ4n) is 3.19. The van der Waals surface area contributed by atoms with Gasteiger partial charge in [0.05, 0.1) is 18.6 Å². The average molecular weight is 485 g/mol. The number of hydrogen-bond acceptors (Lipinski definition) is 6. The number of rotatable bonds is 11. The standard InChI is InChI=1S/C25H28N2O6S/c1-4-32-21-11-9-20(10-12-21)27-34(29,30)22-13-14-23(18(2)15-22)33-17-25(28)26-16-19-7-5-6-8-24(19)31-3/h5-15,27H,4,16-17H2,1-3H3,(H,26,28). The second-order valence-corrected chi connectivity index (χ2v) is 9.05. The number of carbonyl (C=O) groups excluding carboxylic acids is 1. The highest BCUT2D eigenvalue weighted by Crippen LogP contribution is 2.24. The van der Waals surface area contributed by atoms with Crippen molar-refractivity contribution in [1.29, 1.82) is 0 Å². The lowest BCUT2D eigenvalue weighted by molar-refractivity contribution is -0.123. The van der Waals surface area contributed by atoms with Gasteiger partial charge in [-0.1, -0.05) is 18.2 Å². The smallest absolute Gasteiger partial charge is 0.261 e. The highest BCUT2D eigenvalue weighted by Gasteiger charge is 2.16. The van der Waals surface area contributed by atoms with Gasteiger partial charge in [0.25, 0.3) is 15.9 Å². The van der Waals surface area contributed by atoms with Crippen LogP contribution in [0.25, 0.3) is 0 Å². The van der Waals surface area contributed by atoms with Crippen LogP contribution in [0.1, 0.15) is 18.1 Å². The van der Waals surface area contributed by atoms with E-state index >= 15 is 0 Å². The molecule has 0 spiro atoms. The molecule has 9 heteroatoms. The molecule has 0 aliphatic heterocycles. The summed E-state index contributed by atoms with van der Waals surface area (Å²) in [6, 6.07) is 18.5. The number of sulfonamides is 1. The molecule has 0 aliphatic carbocycles. The first-order valence-corrected chi connectivity index (χ1v) is 12.2. The molecule has 34 heavy (non-hydrogen) atoms. The van der Waals surface area contributed by atoms with Crippen molar-refractivity contribution in [2.45, 2.75) is 25.3 Å². The van der Waals surface area contributed by atoms with Crippen LogP contribution in [-0.4, -0.2) is 34.6 Å². The van der Waals surface area contributed by atoms with E-state index in [0.29, 0.717) is 41.7 Å². The number of aryl methyl sites for hydroxylation is 1. The minimum absolute atomic E-state index is 0.0897. The molecule has 0 bridgehead atoms. The summed E-state index contributed by atoms with van der Waals surface area (Å²) >= 11 is 0. The van der Waals surface area contributed by atoms with Crippen molar-refractivity contribution >= 4 is 21.6 Å². The van der Waals surface area contributed by atoms with Crippen molar-refractivity contribution < 1.29 is 27.4 Å². The van der Waals surface area contributed by atoms with Crippen LogP contribution in [0.5, 0.6) is 17.2 Å². The van der Waals surface area contributed by atoms with Crippen LogP contribution in [-0.2, 0) is 21.4 Å². The molecular weight excluding hydrogens is 456 g/mol. The Balaban J connectivity index is 1.58. The third-order valence-corrected chi connectivity index (χ3v) is 6.28. The predicted molar refractivity (Wildman–Crippen MR) is 130 cm³/mol. The third kappa shape index (κ3) is 6.64. The second-order valence-electron chi connectivity index (χ2n) is 7.37. The van der Waals surface area contributed by atoms with E-state index in [2.05, 4.69) is 10.0 Å². The molecule has 3 aromatic rings. The molecule has 2 N–H and O–H groups in total. The van der Waals surface area contributed by atoms with Gasteiger partial charge in [0.2, 0.25) is 0 Å². The molecule has 0 aromatic heterocycles. The maximum absolute atomic E-state index is 12.8. The zero-order chi connectivity index (χ0) is 24.6. The summed E-state index contributed by atoms with van der Waals surface area (Å²) in [6.45, 7) is 4.23. The van der Waals surface area contributed by atoms with Gasteiger partial charge in [0, 0.05) is 17.8 Å². The first kappa shape index (κ1) is 24.9. The van der Waals surface area contributed by atoms with E-state index in [1.165, 1.54) is 18.2 Å². The van der Waals surface area contributed by atoms with Crippen LogP contribution < -0.4 is 24.2 Å². The fourth-order valence-corrected chi connectivity index (χ4v) is 4.33. The molecule has 0 aliphatic rings. The van der Waals surface area contributed by atoms with Crippen molar-refractivity contribution in [3.63, 3.8) is 0 Å². The lowest BCUT2D eigenvalue weighted by Gasteiger charge is -2.13. The number of ether oxygens (including phenoxy) is 3. The van der Waals surface area contributed by atoms with Gasteiger partial charge >= 0.3 is 0 Å². The maximum Gasteiger partial charge on any atom is 0.261 e. The zero-order valence-electron chi connectivity index (χ0n) is 19.3. The minimum atomic E-state index is -3.79. The Hall–Kier alpha value is -3.72. The Labute approximate surface area is 199 Å². The van der Waals surface area contributed by atoms with E-state index in [9.17, 15) is 13.2 Å². The Morgan fingerprint density at radius 3 is 2.35 bits per heavy atom. The van der Waals surface area contributed by atoms with Crippen molar-refractivity contribution in [3.05, 3.63) is 77.9 Å². The summed E-state index contributed by atoms with van der Waals surface area (Å²) < 4.78 is 44.3. The van der Waals surface area contributed by atoms with Gasteiger partial charge in [-0.15, -0.1) is 0 Å². The number of nitrogens with one attached hydrogen (secondary N) is 2. The molecule has 0 heterocycles. The molecule has 8 nitrogen and oxygen atoms in total. The number of hydrogen-bond donors (Lipinski definition) is 2. The molecule has 0 saturated heterocycles. The van der Waals surface area contributed by atoms with Crippen molar-refractivity contribution in [2.24, 2.45) is 0 Å². The van der Waals surface area contributed by atoms with Crippen LogP contribution >= 0.6 is 0 Å². The van der Waals surface area contributed by atoms with E-state index in [1.54, 1.807) is 38.3 Å². The number of para-hydroxylation sites is 1. The van der Waals surface area contributed by atoms with E-state index in [0.717, 1.165) is 5.56 Å². The number of methoxy groups -OCH3 is 1. The van der Waals surface area contributed by atoms with Gasteiger partial charge in [0.1, 0.15) is 17.2 Å². The highest BCUT2D eigenvalue weighted by molar-refractivity contribution is 7.92. The molecule has 0 fully saturated rings. The molecule has 180 valence electrons. The minimum Gasteiger partial charge on any atom is -0.496 e. The number of carbonyl (C=O) groups is 1. The summed E-state index contributed by atoms with van der Waals surface area (Å²) in [5, 5.41) is 2.78. The predicted octanol–water partition coefficient (Wildman–Crippen LogP) is 3.90. The summed E-state index contributed by atoms with van der Waals surface area (Å²) in [6.07, 6.45) is 0. The number of benzene rings is 3. The summed E-state index contributed by atoms with van der Waals surface area (Å²) in [5.41, 5.74) is 1.87. The summed E-state index contributed by atoms with van der Waals surface area (Å²) in [4.78, 5) is 12.3. The SMILES string of the molecule is CCOc1ccc(NS(=O)(=O)c2ccc(OCC(=O)NCc3ccccc3OC)c(C)c2)cc1. The van der Waals surface area contributed by atoms with Gasteiger partial charge in [0.15, 0.2) is 6.61 Å². The second kappa shape index (κ2) is 11.4. The molecule has 1 amide bonds. The first-order chi connectivity index (χ1) is 16.3. The Bertz CT molecular complexity index is 1230. The Morgan fingerprint density at radius 2 is 1.68 bits per heavy atom. The quantitative estimate of drug-likeness (QED) is 0.428. The number of amides is 1. The monoisotopic (exact) mass is 484 g/mol. The third-order valence-electron chi connectivity index (χ3n) is 4.90. The summed E-state index contributed by atoms with van der Waals surface area (Å²) in [7, 11) is -2.22. The number of anilines is 1. The normalized spacial score (nSPS) is 10.9. The van der Waals surface area contributed by atoms with Gasteiger partial charge < -0.3 is 19.5 Å². The van der Waals surface area contributed by atoms with Crippen LogP contribution in [0.4, 0.5) is 5.69 Å². The van der Waals surface area contributed by atoms with E-state index in [-0.39, 0.29) is 17.4 Å². The Kier molecular flexibility index (Phi) is 8.37. The van der Waals surface area contributed by atoms with Gasteiger partial charge in [-0.3, -0.25) is 9.52 Å². The largest absolute Gasteiger partial charge is 0.496 e. The molecule has 3 rings (SSSR count). The van der Waals surface area contributed by atoms with Crippen molar-refractivity contribution in [3.8, 4) is 17.2 Å². The molecule has 0 radical (unpaired) electrons. The first-order valence-electron chi connectivity index (χ1n) is 10.7. The Morgan fingerprint density at radius 1 is 0.941 bits per heavy atom. The van der Waals surface area contributed by atoms with Crippen LogP contribution in [0, 0.1) is 6.92 Å². The van der Waals surface area contributed by atoms with Crippen molar-refractivity contribution in [2.75, 3.05) is 25.0 Å². The molecule has 3 aromatic carbocycles. The molecular formula is C25H28N2O6S. The molecule has 0 unspecified atom stereocenters. The molecule has 0 atom stereocenters. The fraction of sp³-hybridized carbons (Fsp3) is 0.240. The lowest BCUT2D eigenvalue weighted by atomic mass is 10.2. The van der Waals surface area contributed by atoms with Crippen LogP contribution in [0.3, 0.4) is 0 Å². The highest BCUT2D eigenvalue weighted by atomic mass is 32.2. The zero-order valence-corrected chi connectivity index (χ0v) is 20.1. The van der Waals surface area contributed by atoms with E-state index in [4.69, 9.17) is 14.2 Å². The lowest BCUT2D eigenvalue weighted by Crippen LogP contribution is -2.28. The summed E-state index contributed by atoms with van der Waals surface area (Å²) in [5.74, 6) is 1.47. The average Bonchev–Trinajstić information content (AvgIpc) is 2.83. The van der Waals surface area contributed by atoms with Gasteiger partial charge in [-0.2, -0.15) is 0 Å². The van der Waals surface area contributed by atoms with Crippen LogP contribution in [0.2, 0.25) is 0 Å².